The van der Waals surface area contributed by atoms with Crippen molar-refractivity contribution in [1.29, 1.82) is 0 Å². The molecule has 14 heavy (non-hydrogen) atoms. The zero-order chi connectivity index (χ0) is 10.2. The van der Waals surface area contributed by atoms with E-state index < -0.39 is 0 Å². The first-order chi connectivity index (χ1) is 6.83. The van der Waals surface area contributed by atoms with Crippen molar-refractivity contribution in [3.05, 3.63) is 35.4 Å². The highest BCUT2D eigenvalue weighted by Crippen LogP contribution is 2.02. The summed E-state index contributed by atoms with van der Waals surface area (Å²) >= 11 is 2.41. The Hall–Kier alpha value is -0.490. The number of rotatable bonds is 3. The summed E-state index contributed by atoms with van der Waals surface area (Å²) in [6.07, 6.45) is 3.53. The summed E-state index contributed by atoms with van der Waals surface area (Å²) in [5.41, 5.74) is 2.42. The number of aryl methyl sites for hydroxylation is 1. The summed E-state index contributed by atoms with van der Waals surface area (Å²) in [5, 5.41) is 0. The van der Waals surface area contributed by atoms with E-state index >= 15 is 0 Å². The minimum Gasteiger partial charge on any atom is -0.0979 e. The van der Waals surface area contributed by atoms with Crippen LogP contribution in [0.15, 0.2) is 24.3 Å². The molecule has 0 aromatic heterocycles. The summed E-state index contributed by atoms with van der Waals surface area (Å²) in [5.74, 6) is 6.38. The quantitative estimate of drug-likeness (QED) is 0.343. The number of benzene rings is 1. The van der Waals surface area contributed by atoms with Crippen molar-refractivity contribution in [3.63, 3.8) is 0 Å². The van der Waals surface area contributed by atoms with Gasteiger partial charge in [0, 0.05) is 12.0 Å². The van der Waals surface area contributed by atoms with Gasteiger partial charge in [-0.15, -0.1) is 0 Å². The predicted molar refractivity (Wildman–Crippen MR) is 70.8 cm³/mol. The molecule has 0 bridgehead atoms. The van der Waals surface area contributed by atoms with Crippen LogP contribution in [-0.2, 0) is 0 Å². The lowest BCUT2D eigenvalue weighted by Crippen LogP contribution is -1.76. The Morgan fingerprint density at radius 2 is 1.86 bits per heavy atom. The van der Waals surface area contributed by atoms with E-state index in [0.29, 0.717) is 0 Å². The van der Waals surface area contributed by atoms with Gasteiger partial charge >= 0.3 is 0 Å². The fraction of sp³-hybridized carbons (Fsp3) is 0.385. The van der Waals surface area contributed by atoms with Gasteiger partial charge in [-0.05, 0) is 36.3 Å². The Labute approximate surface area is 100 Å². The standard InChI is InChI=1S/C13H15I/c1-12-7-9-13(10-8-12)6-4-2-3-5-11-14/h7-10H,2-3,5,11H2,1H3. The monoisotopic (exact) mass is 298 g/mol. The Morgan fingerprint density at radius 1 is 1.14 bits per heavy atom. The summed E-state index contributed by atoms with van der Waals surface area (Å²) in [6.45, 7) is 2.09. The lowest BCUT2D eigenvalue weighted by molar-refractivity contribution is 0.845. The molecule has 74 valence electrons. The minimum absolute atomic E-state index is 1.02. The molecule has 0 unspecified atom stereocenters. The van der Waals surface area contributed by atoms with Crippen LogP contribution in [0.3, 0.4) is 0 Å². The third-order valence-electron chi connectivity index (χ3n) is 1.97. The third-order valence-corrected chi connectivity index (χ3v) is 2.73. The van der Waals surface area contributed by atoms with Crippen molar-refractivity contribution in [2.45, 2.75) is 26.2 Å². The number of halogens is 1. The van der Waals surface area contributed by atoms with Gasteiger partial charge in [0.25, 0.3) is 0 Å². The van der Waals surface area contributed by atoms with Gasteiger partial charge in [0.1, 0.15) is 0 Å². The van der Waals surface area contributed by atoms with E-state index in [9.17, 15) is 0 Å². The summed E-state index contributed by atoms with van der Waals surface area (Å²) < 4.78 is 1.24. The largest absolute Gasteiger partial charge is 0.0979 e. The zero-order valence-electron chi connectivity index (χ0n) is 8.52. The highest BCUT2D eigenvalue weighted by atomic mass is 127. The van der Waals surface area contributed by atoms with E-state index in [-0.39, 0.29) is 0 Å². The first-order valence-corrected chi connectivity index (χ1v) is 6.47. The minimum atomic E-state index is 1.02. The average Bonchev–Trinajstić information content (AvgIpc) is 2.21. The normalized spacial score (nSPS) is 9.29. The molecule has 0 N–H and O–H groups in total. The highest BCUT2D eigenvalue weighted by molar-refractivity contribution is 14.1. The summed E-state index contributed by atoms with van der Waals surface area (Å²) in [4.78, 5) is 0. The van der Waals surface area contributed by atoms with Gasteiger partial charge in [-0.2, -0.15) is 0 Å². The Morgan fingerprint density at radius 3 is 2.50 bits per heavy atom. The number of unbranched alkanes of at least 4 members (excludes halogenated alkanes) is 2. The molecule has 0 fully saturated rings. The van der Waals surface area contributed by atoms with Crippen molar-refractivity contribution >= 4 is 22.6 Å². The second-order valence-corrected chi connectivity index (χ2v) is 4.39. The fourth-order valence-electron chi connectivity index (χ4n) is 1.11. The maximum atomic E-state index is 3.20. The van der Waals surface area contributed by atoms with Crippen LogP contribution in [-0.4, -0.2) is 4.43 Å². The predicted octanol–water partition coefficient (Wildman–Crippen LogP) is 3.95. The Balaban J connectivity index is 2.39. The molecule has 0 atom stereocenters. The molecule has 0 saturated heterocycles. The topological polar surface area (TPSA) is 0 Å². The van der Waals surface area contributed by atoms with Crippen LogP contribution in [0.25, 0.3) is 0 Å². The van der Waals surface area contributed by atoms with Crippen LogP contribution in [0.2, 0.25) is 0 Å². The molecule has 0 aliphatic carbocycles. The van der Waals surface area contributed by atoms with Crippen molar-refractivity contribution in [3.8, 4) is 11.8 Å². The Bertz CT molecular complexity index is 313. The van der Waals surface area contributed by atoms with Crippen LogP contribution >= 0.6 is 22.6 Å². The maximum absolute atomic E-state index is 3.20. The zero-order valence-corrected chi connectivity index (χ0v) is 10.7. The molecule has 0 aliphatic rings. The van der Waals surface area contributed by atoms with Crippen LogP contribution in [0, 0.1) is 18.8 Å². The number of alkyl halides is 1. The van der Waals surface area contributed by atoms with Gasteiger partial charge in [0.2, 0.25) is 0 Å². The van der Waals surface area contributed by atoms with Crippen LogP contribution in [0.4, 0.5) is 0 Å². The SMILES string of the molecule is Cc1ccc(C#CCCCCI)cc1. The van der Waals surface area contributed by atoms with E-state index in [1.54, 1.807) is 0 Å². The van der Waals surface area contributed by atoms with Crippen molar-refractivity contribution in [2.75, 3.05) is 4.43 Å². The van der Waals surface area contributed by atoms with E-state index in [0.717, 1.165) is 12.0 Å². The summed E-state index contributed by atoms with van der Waals surface area (Å²) in [6, 6.07) is 8.38. The molecule has 0 amide bonds. The van der Waals surface area contributed by atoms with Crippen molar-refractivity contribution < 1.29 is 0 Å². The lowest BCUT2D eigenvalue weighted by atomic mass is 10.1. The Kier molecular flexibility index (Phi) is 5.70. The van der Waals surface area contributed by atoms with Crippen LogP contribution in [0.1, 0.15) is 30.4 Å². The maximum Gasteiger partial charge on any atom is 0.0245 e. The molecule has 1 heteroatoms. The van der Waals surface area contributed by atoms with Gasteiger partial charge in [-0.1, -0.05) is 52.1 Å². The van der Waals surface area contributed by atoms with E-state index in [1.807, 2.05) is 0 Å². The summed E-state index contributed by atoms with van der Waals surface area (Å²) in [7, 11) is 0. The van der Waals surface area contributed by atoms with Gasteiger partial charge in [0.05, 0.1) is 0 Å². The molecule has 1 aromatic carbocycles. The van der Waals surface area contributed by atoms with Crippen LogP contribution in [0.5, 0.6) is 0 Å². The molecule has 1 aromatic rings. The fourth-order valence-corrected chi connectivity index (χ4v) is 1.65. The van der Waals surface area contributed by atoms with E-state index in [4.69, 9.17) is 0 Å². The molecule has 1 rings (SSSR count). The molecule has 0 saturated carbocycles. The molecule has 0 radical (unpaired) electrons. The number of hydrogen-bond donors (Lipinski definition) is 0. The highest BCUT2D eigenvalue weighted by Gasteiger charge is 1.85. The van der Waals surface area contributed by atoms with Crippen molar-refractivity contribution in [1.82, 2.24) is 0 Å². The first kappa shape index (κ1) is 11.6. The van der Waals surface area contributed by atoms with Crippen molar-refractivity contribution in [2.24, 2.45) is 0 Å². The van der Waals surface area contributed by atoms with Gasteiger partial charge in [-0.3, -0.25) is 0 Å². The molecule has 0 nitrogen and oxygen atoms in total. The molecule has 0 heterocycles. The average molecular weight is 298 g/mol. The second-order valence-electron chi connectivity index (χ2n) is 3.31. The van der Waals surface area contributed by atoms with Gasteiger partial charge < -0.3 is 0 Å². The van der Waals surface area contributed by atoms with E-state index in [1.165, 1.54) is 22.8 Å². The smallest absolute Gasteiger partial charge is 0.0245 e. The second kappa shape index (κ2) is 6.89. The van der Waals surface area contributed by atoms with Crippen LogP contribution < -0.4 is 0 Å². The van der Waals surface area contributed by atoms with Gasteiger partial charge in [-0.25, -0.2) is 0 Å². The molecular weight excluding hydrogens is 283 g/mol. The number of hydrogen-bond acceptors (Lipinski definition) is 0. The van der Waals surface area contributed by atoms with Gasteiger partial charge in [0.15, 0.2) is 0 Å². The third kappa shape index (κ3) is 4.66. The first-order valence-electron chi connectivity index (χ1n) is 4.94. The molecule has 0 aliphatic heterocycles. The molecule has 0 spiro atoms. The lowest BCUT2D eigenvalue weighted by Gasteiger charge is -1.91. The molecular formula is C13H15I. The van der Waals surface area contributed by atoms with E-state index in [2.05, 4.69) is 65.6 Å².